The Morgan fingerprint density at radius 2 is 2.06 bits per heavy atom. The number of esters is 1. The Labute approximate surface area is 214 Å². The lowest BCUT2D eigenvalue weighted by Crippen LogP contribution is -2.56. The topological polar surface area (TPSA) is 87.2 Å². The average molecular weight is 517 g/mol. The number of carbonyl (C=O) groups excluding carboxylic acids is 3. The molecule has 0 bridgehead atoms. The number of cyclic esters (lactones) is 1. The van der Waals surface area contributed by atoms with Crippen molar-refractivity contribution in [1.29, 1.82) is 0 Å². The van der Waals surface area contributed by atoms with Crippen molar-refractivity contribution >= 4 is 46.8 Å². The zero-order chi connectivity index (χ0) is 24.9. The van der Waals surface area contributed by atoms with E-state index >= 15 is 0 Å². The van der Waals surface area contributed by atoms with Crippen LogP contribution < -0.4 is 4.90 Å². The molecule has 7 nitrogen and oxygen atoms in total. The van der Waals surface area contributed by atoms with Gasteiger partial charge in [-0.1, -0.05) is 55.0 Å². The Morgan fingerprint density at radius 1 is 1.26 bits per heavy atom. The van der Waals surface area contributed by atoms with E-state index < -0.39 is 34.6 Å². The molecule has 9 heteroatoms. The molecule has 0 aliphatic carbocycles. The summed E-state index contributed by atoms with van der Waals surface area (Å²) < 4.78 is 4.54. The van der Waals surface area contributed by atoms with Gasteiger partial charge in [-0.2, -0.15) is 0 Å². The maximum Gasteiger partial charge on any atom is 0.311 e. The van der Waals surface area contributed by atoms with Gasteiger partial charge in [-0.25, -0.2) is 0 Å². The molecule has 4 aliphatic rings. The minimum absolute atomic E-state index is 0.256. The molecule has 5 rings (SSSR count). The first-order chi connectivity index (χ1) is 16.9. The number of aryl methyl sites for hydroxylation is 1. The smallest absolute Gasteiger partial charge is 0.311 e. The van der Waals surface area contributed by atoms with Gasteiger partial charge in [0.2, 0.25) is 5.91 Å². The molecule has 186 valence electrons. The van der Waals surface area contributed by atoms with Crippen molar-refractivity contribution in [2.75, 3.05) is 24.7 Å². The number of likely N-dealkylation sites (tertiary alicyclic amines) is 1. The number of fused-ring (bicyclic) bond motifs is 2. The molecule has 0 radical (unpaired) electrons. The standard InChI is InChI=1S/C26H29ClN2O5S/c1-3-16(14-30)29-22-24(32)28(21-15(2)8-6-9-17(21)27)12-7-11-26(22)20(23(29)31)19-18(35-26)10-4-5-13-34-25(19)33/h4,6-11,16,18-20,22,30H,3,5,12-14H2,1-2H3/t16-,18+,19-,20-,22?,26-/m0/s1. The minimum atomic E-state index is -0.955. The molecule has 4 heterocycles. The van der Waals surface area contributed by atoms with Gasteiger partial charge >= 0.3 is 5.97 Å². The maximum absolute atomic E-state index is 14.4. The quantitative estimate of drug-likeness (QED) is 0.489. The average Bonchev–Trinajstić information content (AvgIpc) is 3.20. The van der Waals surface area contributed by atoms with Crippen LogP contribution in [-0.4, -0.2) is 69.6 Å². The molecule has 1 aromatic carbocycles. The van der Waals surface area contributed by atoms with Gasteiger partial charge in [0.05, 0.1) is 46.5 Å². The van der Waals surface area contributed by atoms with E-state index in [0.29, 0.717) is 30.1 Å². The number of hydrogen-bond donors (Lipinski definition) is 1. The predicted octanol–water partition coefficient (Wildman–Crippen LogP) is 3.12. The van der Waals surface area contributed by atoms with Crippen LogP contribution in [0.3, 0.4) is 0 Å². The number of halogens is 1. The second kappa shape index (κ2) is 9.30. The van der Waals surface area contributed by atoms with Crippen molar-refractivity contribution in [3.05, 3.63) is 53.1 Å². The number of para-hydroxylation sites is 1. The fraction of sp³-hybridized carbons (Fsp3) is 0.500. The van der Waals surface area contributed by atoms with Gasteiger partial charge < -0.3 is 19.6 Å². The number of aliphatic hydroxyl groups excluding tert-OH is 1. The number of aliphatic hydroxyl groups is 1. The lowest BCUT2D eigenvalue weighted by molar-refractivity contribution is -0.153. The molecule has 1 spiro atoms. The van der Waals surface area contributed by atoms with Gasteiger partial charge in [0.15, 0.2) is 0 Å². The van der Waals surface area contributed by atoms with Crippen molar-refractivity contribution in [2.24, 2.45) is 11.8 Å². The Morgan fingerprint density at radius 3 is 2.77 bits per heavy atom. The zero-order valence-corrected chi connectivity index (χ0v) is 21.3. The molecule has 2 saturated heterocycles. The van der Waals surface area contributed by atoms with Gasteiger partial charge in [0.1, 0.15) is 6.04 Å². The maximum atomic E-state index is 14.4. The van der Waals surface area contributed by atoms with Crippen LogP contribution in [0.15, 0.2) is 42.5 Å². The van der Waals surface area contributed by atoms with Crippen LogP contribution >= 0.6 is 23.4 Å². The Bertz CT molecular complexity index is 1100. The number of benzene rings is 1. The fourth-order valence-corrected chi connectivity index (χ4v) is 8.33. The molecule has 1 unspecified atom stereocenters. The van der Waals surface area contributed by atoms with Gasteiger partial charge in [0.25, 0.3) is 5.91 Å². The second-order valence-electron chi connectivity index (χ2n) is 9.47. The highest BCUT2D eigenvalue weighted by atomic mass is 35.5. The highest BCUT2D eigenvalue weighted by molar-refractivity contribution is 8.02. The van der Waals surface area contributed by atoms with Gasteiger partial charge in [-0.3, -0.25) is 14.4 Å². The molecular weight excluding hydrogens is 488 g/mol. The van der Waals surface area contributed by atoms with Crippen molar-refractivity contribution in [3.63, 3.8) is 0 Å². The second-order valence-corrected chi connectivity index (χ2v) is 11.4. The van der Waals surface area contributed by atoms with E-state index in [2.05, 4.69) is 0 Å². The number of thioether (sulfide) groups is 1. The van der Waals surface area contributed by atoms with Crippen molar-refractivity contribution in [2.45, 2.75) is 48.8 Å². The molecule has 35 heavy (non-hydrogen) atoms. The third-order valence-electron chi connectivity index (χ3n) is 7.59. The predicted molar refractivity (Wildman–Crippen MR) is 135 cm³/mol. The molecule has 0 aromatic heterocycles. The summed E-state index contributed by atoms with van der Waals surface area (Å²) in [6.07, 6.45) is 8.92. The van der Waals surface area contributed by atoms with Crippen LogP contribution in [0.25, 0.3) is 0 Å². The first-order valence-corrected chi connectivity index (χ1v) is 13.3. The SMILES string of the molecule is CC[C@@H](CO)N1C(=O)[C@@H]2[C@H]3C(=O)OCCC=C[C@H]3S[C@@]23C=CCN(c2c(C)cccc2Cl)C(=O)C13. The van der Waals surface area contributed by atoms with Gasteiger partial charge in [-0.05, 0) is 31.4 Å². The molecule has 2 amide bonds. The molecular formula is C26H29ClN2O5S. The Kier molecular flexibility index (Phi) is 6.48. The number of carbonyl (C=O) groups is 3. The number of rotatable bonds is 4. The molecule has 1 N–H and O–H groups in total. The van der Waals surface area contributed by atoms with E-state index in [9.17, 15) is 19.5 Å². The summed E-state index contributed by atoms with van der Waals surface area (Å²) in [6.45, 7) is 4.07. The van der Waals surface area contributed by atoms with E-state index in [0.717, 1.165) is 5.56 Å². The zero-order valence-electron chi connectivity index (χ0n) is 19.7. The van der Waals surface area contributed by atoms with Gasteiger partial charge in [0, 0.05) is 11.8 Å². The third-order valence-corrected chi connectivity index (χ3v) is 9.64. The van der Waals surface area contributed by atoms with E-state index in [4.69, 9.17) is 16.3 Å². The van der Waals surface area contributed by atoms with Crippen molar-refractivity contribution in [3.8, 4) is 0 Å². The van der Waals surface area contributed by atoms with Gasteiger partial charge in [-0.15, -0.1) is 11.8 Å². The third kappa shape index (κ3) is 3.64. The molecule has 2 fully saturated rings. The summed E-state index contributed by atoms with van der Waals surface area (Å²) in [4.78, 5) is 44.8. The number of nitrogens with zero attached hydrogens (tertiary/aromatic N) is 2. The summed E-state index contributed by atoms with van der Waals surface area (Å²) in [5, 5.41) is 10.4. The van der Waals surface area contributed by atoms with Crippen LogP contribution in [0.4, 0.5) is 5.69 Å². The lowest BCUT2D eigenvalue weighted by Gasteiger charge is -2.38. The van der Waals surface area contributed by atoms with Crippen LogP contribution in [0.2, 0.25) is 5.02 Å². The Balaban J connectivity index is 1.68. The normalized spacial score (nSPS) is 33.0. The van der Waals surface area contributed by atoms with E-state index in [1.54, 1.807) is 15.9 Å². The molecule has 0 saturated carbocycles. The van der Waals surface area contributed by atoms with Crippen LogP contribution in [0.5, 0.6) is 0 Å². The number of ether oxygens (including phenoxy) is 1. The number of amides is 2. The van der Waals surface area contributed by atoms with Crippen molar-refractivity contribution < 1.29 is 24.2 Å². The molecule has 1 aromatic rings. The van der Waals surface area contributed by atoms with Crippen LogP contribution in [-0.2, 0) is 19.1 Å². The number of anilines is 1. The highest BCUT2D eigenvalue weighted by Gasteiger charge is 2.71. The highest BCUT2D eigenvalue weighted by Crippen LogP contribution is 2.61. The fourth-order valence-electron chi connectivity index (χ4n) is 6.02. The largest absolute Gasteiger partial charge is 0.465 e. The summed E-state index contributed by atoms with van der Waals surface area (Å²) in [5.74, 6) is -2.39. The van der Waals surface area contributed by atoms with E-state index in [-0.39, 0.29) is 30.3 Å². The van der Waals surface area contributed by atoms with E-state index in [1.165, 1.54) is 11.8 Å². The van der Waals surface area contributed by atoms with Crippen LogP contribution in [0.1, 0.15) is 25.3 Å². The van der Waals surface area contributed by atoms with Crippen LogP contribution in [0, 0.1) is 18.8 Å². The summed E-state index contributed by atoms with van der Waals surface area (Å²) in [7, 11) is 0. The van der Waals surface area contributed by atoms with E-state index in [1.807, 2.05) is 50.3 Å². The lowest BCUT2D eigenvalue weighted by atomic mass is 9.78. The minimum Gasteiger partial charge on any atom is -0.465 e. The molecule has 4 aliphatic heterocycles. The summed E-state index contributed by atoms with van der Waals surface area (Å²) >= 11 is 8.05. The molecule has 6 atom stereocenters. The summed E-state index contributed by atoms with van der Waals surface area (Å²) in [6, 6.07) is 4.05. The summed E-state index contributed by atoms with van der Waals surface area (Å²) in [5.41, 5.74) is 1.46. The first kappa shape index (κ1) is 24.4. The van der Waals surface area contributed by atoms with Crippen molar-refractivity contribution in [1.82, 2.24) is 4.90 Å². The Hall–Kier alpha value is -2.29. The first-order valence-electron chi connectivity index (χ1n) is 12.0. The number of hydrogen-bond acceptors (Lipinski definition) is 6. The monoisotopic (exact) mass is 516 g/mol.